The summed E-state index contributed by atoms with van der Waals surface area (Å²) < 4.78 is 38.8. The van der Waals surface area contributed by atoms with E-state index >= 15 is 0 Å². The lowest BCUT2D eigenvalue weighted by Gasteiger charge is -2.42. The fourth-order valence-electron chi connectivity index (χ4n) is 2.01. The van der Waals surface area contributed by atoms with Crippen LogP contribution in [0.2, 0.25) is 0 Å². The Kier molecular flexibility index (Phi) is 2.24. The molecule has 0 spiro atoms. The molecule has 0 radical (unpaired) electrons. The van der Waals surface area contributed by atoms with Gasteiger partial charge in [-0.1, -0.05) is 6.42 Å². The van der Waals surface area contributed by atoms with Gasteiger partial charge in [0.05, 0.1) is 5.69 Å². The van der Waals surface area contributed by atoms with Crippen LogP contribution in [0.25, 0.3) is 0 Å². The Morgan fingerprint density at radius 3 is 2.40 bits per heavy atom. The summed E-state index contributed by atoms with van der Waals surface area (Å²) in [5, 5.41) is 0. The van der Waals surface area contributed by atoms with Gasteiger partial charge in [-0.05, 0) is 37.5 Å². The molecule has 1 aliphatic carbocycles. The molecular weight excluding hydrogens is 203 g/mol. The van der Waals surface area contributed by atoms with Crippen LogP contribution in [0.15, 0.2) is 18.3 Å². The summed E-state index contributed by atoms with van der Waals surface area (Å²) in [5.41, 5.74) is -0.657. The van der Waals surface area contributed by atoms with Crippen molar-refractivity contribution < 1.29 is 13.2 Å². The maximum Gasteiger partial charge on any atom is 0.399 e. The van der Waals surface area contributed by atoms with E-state index in [1.54, 1.807) is 19.1 Å². The molecule has 15 heavy (non-hydrogen) atoms. The maximum atomic E-state index is 12.9. The molecule has 0 aromatic carbocycles. The number of aromatic nitrogens is 1. The number of nitrogens with zero attached hydrogens (tertiary/aromatic N) is 1. The second-order valence-corrected chi connectivity index (χ2v) is 4.15. The predicted octanol–water partition coefficient (Wildman–Crippen LogP) is 3.37. The van der Waals surface area contributed by atoms with Crippen LogP contribution in [0.1, 0.15) is 30.5 Å². The summed E-state index contributed by atoms with van der Waals surface area (Å²) >= 11 is 0. The van der Waals surface area contributed by atoms with Crippen LogP contribution in [0, 0.1) is 6.92 Å². The molecule has 0 aliphatic heterocycles. The highest BCUT2D eigenvalue weighted by Crippen LogP contribution is 2.53. The van der Waals surface area contributed by atoms with E-state index in [4.69, 9.17) is 0 Å². The van der Waals surface area contributed by atoms with Gasteiger partial charge in [-0.15, -0.1) is 0 Å². The fourth-order valence-corrected chi connectivity index (χ4v) is 2.01. The first-order valence-corrected chi connectivity index (χ1v) is 4.96. The number of aryl methyl sites for hydroxylation is 1. The molecule has 1 saturated carbocycles. The molecule has 0 saturated heterocycles. The lowest BCUT2D eigenvalue weighted by atomic mass is 9.65. The lowest BCUT2D eigenvalue weighted by molar-refractivity contribution is -0.214. The first-order valence-electron chi connectivity index (χ1n) is 4.96. The molecule has 1 aromatic heterocycles. The third-order valence-corrected chi connectivity index (χ3v) is 3.16. The Labute approximate surface area is 86.3 Å². The zero-order valence-corrected chi connectivity index (χ0v) is 8.43. The highest BCUT2D eigenvalue weighted by Gasteiger charge is 2.60. The van der Waals surface area contributed by atoms with Crippen LogP contribution in [0.3, 0.4) is 0 Å². The van der Waals surface area contributed by atoms with Crippen molar-refractivity contribution in [1.29, 1.82) is 0 Å². The fraction of sp³-hybridized carbons (Fsp3) is 0.545. The molecule has 0 N–H and O–H groups in total. The SMILES string of the molecule is Cc1ccnc(C2(C(F)(F)F)CCC2)c1. The number of halogens is 3. The minimum atomic E-state index is -4.17. The molecule has 0 bridgehead atoms. The van der Waals surface area contributed by atoms with Gasteiger partial charge in [0.2, 0.25) is 0 Å². The van der Waals surface area contributed by atoms with Gasteiger partial charge in [-0.3, -0.25) is 4.98 Å². The van der Waals surface area contributed by atoms with Crippen LogP contribution in [0.5, 0.6) is 0 Å². The largest absolute Gasteiger partial charge is 0.399 e. The molecule has 0 atom stereocenters. The summed E-state index contributed by atoms with van der Waals surface area (Å²) in [7, 11) is 0. The average molecular weight is 215 g/mol. The minimum Gasteiger partial charge on any atom is -0.260 e. The van der Waals surface area contributed by atoms with Crippen LogP contribution in [-0.4, -0.2) is 11.2 Å². The highest BCUT2D eigenvalue weighted by atomic mass is 19.4. The summed E-state index contributed by atoms with van der Waals surface area (Å²) in [4.78, 5) is 3.88. The predicted molar refractivity (Wildman–Crippen MR) is 50.6 cm³/mol. The molecule has 1 aliphatic rings. The Bertz CT molecular complexity index is 366. The van der Waals surface area contributed by atoms with Gasteiger partial charge in [0.1, 0.15) is 5.41 Å². The first kappa shape index (κ1) is 10.5. The molecule has 1 fully saturated rings. The zero-order chi connectivity index (χ0) is 11.1. The standard InChI is InChI=1S/C11H12F3N/c1-8-3-6-15-9(7-8)10(4-2-5-10)11(12,13)14/h3,6-7H,2,4-5H2,1H3. The van der Waals surface area contributed by atoms with Gasteiger partial charge in [0, 0.05) is 6.20 Å². The summed E-state index contributed by atoms with van der Waals surface area (Å²) in [6.07, 6.45) is -1.74. The molecule has 82 valence electrons. The number of hydrogen-bond donors (Lipinski definition) is 0. The molecule has 2 rings (SSSR count). The van der Waals surface area contributed by atoms with E-state index in [0.717, 1.165) is 5.56 Å². The van der Waals surface area contributed by atoms with Gasteiger partial charge >= 0.3 is 6.18 Å². The molecule has 4 heteroatoms. The van der Waals surface area contributed by atoms with Crippen molar-refractivity contribution in [3.8, 4) is 0 Å². The van der Waals surface area contributed by atoms with Gasteiger partial charge in [-0.25, -0.2) is 0 Å². The van der Waals surface area contributed by atoms with Crippen molar-refractivity contribution in [2.24, 2.45) is 0 Å². The summed E-state index contributed by atoms with van der Waals surface area (Å²) in [6, 6.07) is 3.26. The van der Waals surface area contributed by atoms with Crippen molar-refractivity contribution in [1.82, 2.24) is 4.98 Å². The third kappa shape index (κ3) is 1.52. The van der Waals surface area contributed by atoms with Crippen LogP contribution in [0.4, 0.5) is 13.2 Å². The van der Waals surface area contributed by atoms with E-state index in [-0.39, 0.29) is 18.5 Å². The van der Waals surface area contributed by atoms with Crippen molar-refractivity contribution in [3.63, 3.8) is 0 Å². The van der Waals surface area contributed by atoms with Crippen LogP contribution < -0.4 is 0 Å². The van der Waals surface area contributed by atoms with Gasteiger partial charge in [0.15, 0.2) is 0 Å². The highest BCUT2D eigenvalue weighted by molar-refractivity contribution is 5.27. The Morgan fingerprint density at radius 2 is 2.00 bits per heavy atom. The summed E-state index contributed by atoms with van der Waals surface area (Å²) in [5.74, 6) is 0. The van der Waals surface area contributed by atoms with E-state index in [1.165, 1.54) is 6.20 Å². The van der Waals surface area contributed by atoms with Crippen LogP contribution >= 0.6 is 0 Å². The van der Waals surface area contributed by atoms with Crippen LogP contribution in [-0.2, 0) is 5.41 Å². The number of pyridine rings is 1. The van der Waals surface area contributed by atoms with Crippen molar-refractivity contribution >= 4 is 0 Å². The normalized spacial score (nSPS) is 19.7. The van der Waals surface area contributed by atoms with E-state index < -0.39 is 11.6 Å². The van der Waals surface area contributed by atoms with Gasteiger partial charge in [-0.2, -0.15) is 13.2 Å². The second kappa shape index (κ2) is 3.22. The molecule has 1 nitrogen and oxygen atoms in total. The maximum absolute atomic E-state index is 12.9. The topological polar surface area (TPSA) is 12.9 Å². The number of hydrogen-bond acceptors (Lipinski definition) is 1. The Hall–Kier alpha value is -1.06. The Balaban J connectivity index is 2.43. The third-order valence-electron chi connectivity index (χ3n) is 3.16. The van der Waals surface area contributed by atoms with E-state index in [0.29, 0.717) is 6.42 Å². The molecule has 0 unspecified atom stereocenters. The second-order valence-electron chi connectivity index (χ2n) is 4.15. The Morgan fingerprint density at radius 1 is 1.33 bits per heavy atom. The van der Waals surface area contributed by atoms with E-state index in [9.17, 15) is 13.2 Å². The quantitative estimate of drug-likeness (QED) is 0.699. The molecule has 1 aromatic rings. The average Bonchev–Trinajstić information content (AvgIpc) is 1.98. The zero-order valence-electron chi connectivity index (χ0n) is 8.43. The smallest absolute Gasteiger partial charge is 0.260 e. The first-order chi connectivity index (χ1) is 6.96. The monoisotopic (exact) mass is 215 g/mol. The molecule has 1 heterocycles. The number of alkyl halides is 3. The van der Waals surface area contributed by atoms with Gasteiger partial charge < -0.3 is 0 Å². The van der Waals surface area contributed by atoms with Crippen molar-refractivity contribution in [2.45, 2.75) is 37.8 Å². The molecular formula is C11H12F3N. The lowest BCUT2D eigenvalue weighted by Crippen LogP contribution is -2.48. The van der Waals surface area contributed by atoms with Gasteiger partial charge in [0.25, 0.3) is 0 Å². The minimum absolute atomic E-state index is 0.174. The van der Waals surface area contributed by atoms with Crippen molar-refractivity contribution in [3.05, 3.63) is 29.6 Å². The number of rotatable bonds is 1. The van der Waals surface area contributed by atoms with Crippen molar-refractivity contribution in [2.75, 3.05) is 0 Å². The van der Waals surface area contributed by atoms with E-state index in [2.05, 4.69) is 4.98 Å². The molecule has 0 amide bonds. The summed E-state index contributed by atoms with van der Waals surface area (Å²) in [6.45, 7) is 1.79. The van der Waals surface area contributed by atoms with E-state index in [1.807, 2.05) is 0 Å².